The van der Waals surface area contributed by atoms with E-state index < -0.39 is 10.0 Å². The van der Waals surface area contributed by atoms with Gasteiger partial charge in [0.1, 0.15) is 4.90 Å². The quantitative estimate of drug-likeness (QED) is 0.286. The van der Waals surface area contributed by atoms with E-state index in [1.54, 1.807) is 0 Å². The van der Waals surface area contributed by atoms with E-state index in [-0.39, 0.29) is 44.3 Å². The third kappa shape index (κ3) is 7.53. The average Bonchev–Trinajstić information content (AvgIpc) is 2.92. The van der Waals surface area contributed by atoms with Crippen LogP contribution in [0.2, 0.25) is 15.1 Å². The SMILES string of the molecule is CN(CCCC(C(N)=O)C1CCC(C(c2ccccc2)N2CCCCC2)CC1)S(=O)(=O)c1c(Cl)cc(Cl)cc1Cl. The second-order valence-electron chi connectivity index (χ2n) is 11.3. The summed E-state index contributed by atoms with van der Waals surface area (Å²) in [6, 6.07) is 14.0. The Labute approximate surface area is 254 Å². The number of nitrogens with two attached hydrogens (primary N) is 1. The van der Waals surface area contributed by atoms with Gasteiger partial charge in [0.25, 0.3) is 0 Å². The van der Waals surface area contributed by atoms with Crippen molar-refractivity contribution in [2.75, 3.05) is 26.7 Å². The lowest BCUT2D eigenvalue weighted by molar-refractivity contribution is -0.124. The maximum absolute atomic E-state index is 13.2. The van der Waals surface area contributed by atoms with E-state index in [2.05, 4.69) is 35.2 Å². The number of hydrogen-bond acceptors (Lipinski definition) is 4. The molecule has 4 rings (SSSR count). The molecule has 0 aromatic heterocycles. The monoisotopic (exact) mass is 627 g/mol. The third-order valence-electron chi connectivity index (χ3n) is 8.74. The second kappa shape index (κ2) is 14.2. The number of hydrogen-bond donors (Lipinski definition) is 1. The molecule has 10 heteroatoms. The van der Waals surface area contributed by atoms with Gasteiger partial charge in [-0.25, -0.2) is 12.7 Å². The highest BCUT2D eigenvalue weighted by Crippen LogP contribution is 2.43. The van der Waals surface area contributed by atoms with Crippen LogP contribution in [0.25, 0.3) is 0 Å². The Morgan fingerprint density at radius 1 is 0.975 bits per heavy atom. The molecule has 2 fully saturated rings. The summed E-state index contributed by atoms with van der Waals surface area (Å²) in [5.74, 6) is 0.197. The Morgan fingerprint density at radius 3 is 2.12 bits per heavy atom. The van der Waals surface area contributed by atoms with E-state index in [1.165, 1.54) is 48.3 Å². The van der Waals surface area contributed by atoms with Crippen LogP contribution < -0.4 is 5.73 Å². The van der Waals surface area contributed by atoms with E-state index in [4.69, 9.17) is 40.5 Å². The largest absolute Gasteiger partial charge is 0.369 e. The van der Waals surface area contributed by atoms with Crippen molar-refractivity contribution < 1.29 is 13.2 Å². The molecule has 1 heterocycles. The lowest BCUT2D eigenvalue weighted by Gasteiger charge is -2.43. The molecule has 2 atom stereocenters. The minimum Gasteiger partial charge on any atom is -0.369 e. The van der Waals surface area contributed by atoms with Gasteiger partial charge in [0.2, 0.25) is 15.9 Å². The minimum absolute atomic E-state index is 0.0190. The molecule has 1 amide bonds. The first kappa shape index (κ1) is 31.6. The Balaban J connectivity index is 1.36. The van der Waals surface area contributed by atoms with Gasteiger partial charge in [-0.15, -0.1) is 0 Å². The third-order valence-corrected chi connectivity index (χ3v) is 11.7. The molecule has 0 bridgehead atoms. The first-order chi connectivity index (χ1) is 19.1. The molecule has 0 spiro atoms. The maximum atomic E-state index is 13.2. The van der Waals surface area contributed by atoms with Crippen molar-refractivity contribution in [2.45, 2.75) is 68.7 Å². The Hall–Kier alpha value is -1.35. The molecule has 2 aromatic rings. The molecule has 0 radical (unpaired) electrons. The van der Waals surface area contributed by atoms with Crippen molar-refractivity contribution in [1.29, 1.82) is 0 Å². The van der Waals surface area contributed by atoms with Crippen LogP contribution in [-0.4, -0.2) is 50.2 Å². The molecule has 1 saturated heterocycles. The molecular formula is C30H40Cl3N3O3S. The molecule has 2 unspecified atom stereocenters. The van der Waals surface area contributed by atoms with E-state index in [0.29, 0.717) is 24.8 Å². The lowest BCUT2D eigenvalue weighted by Crippen LogP contribution is -2.40. The maximum Gasteiger partial charge on any atom is 0.245 e. The molecule has 2 N–H and O–H groups in total. The summed E-state index contributed by atoms with van der Waals surface area (Å²) in [4.78, 5) is 15.0. The number of halogens is 3. The minimum atomic E-state index is -3.92. The zero-order valence-corrected chi connectivity index (χ0v) is 26.2. The molecule has 40 heavy (non-hydrogen) atoms. The fourth-order valence-corrected chi connectivity index (χ4v) is 9.38. The van der Waals surface area contributed by atoms with E-state index >= 15 is 0 Å². The van der Waals surface area contributed by atoms with Crippen LogP contribution in [0.4, 0.5) is 0 Å². The number of likely N-dealkylation sites (tertiary alicyclic amines) is 1. The molecule has 6 nitrogen and oxygen atoms in total. The Morgan fingerprint density at radius 2 is 1.55 bits per heavy atom. The Bertz CT molecular complexity index is 1220. The van der Waals surface area contributed by atoms with Gasteiger partial charge in [-0.05, 0) is 94.0 Å². The van der Waals surface area contributed by atoms with Crippen molar-refractivity contribution in [3.05, 3.63) is 63.1 Å². The van der Waals surface area contributed by atoms with Crippen LogP contribution in [0, 0.1) is 17.8 Å². The number of rotatable bonds is 11. The van der Waals surface area contributed by atoms with Gasteiger partial charge >= 0.3 is 0 Å². The highest BCUT2D eigenvalue weighted by Gasteiger charge is 2.36. The molecular weight excluding hydrogens is 589 g/mol. The van der Waals surface area contributed by atoms with Gasteiger partial charge in [0, 0.05) is 30.6 Å². The summed E-state index contributed by atoms with van der Waals surface area (Å²) in [6.45, 7) is 2.51. The van der Waals surface area contributed by atoms with Gasteiger partial charge in [-0.1, -0.05) is 71.6 Å². The predicted octanol–water partition coefficient (Wildman–Crippen LogP) is 7.18. The number of benzene rings is 2. The Kier molecular flexibility index (Phi) is 11.2. The van der Waals surface area contributed by atoms with Gasteiger partial charge in [0.05, 0.1) is 10.0 Å². The fraction of sp³-hybridized carbons (Fsp3) is 0.567. The van der Waals surface area contributed by atoms with Crippen molar-refractivity contribution in [2.24, 2.45) is 23.5 Å². The van der Waals surface area contributed by atoms with Crippen LogP contribution >= 0.6 is 34.8 Å². The number of nitrogens with zero attached hydrogens (tertiary/aromatic N) is 2. The number of piperidine rings is 1. The fourth-order valence-electron chi connectivity index (χ4n) is 6.69. The van der Waals surface area contributed by atoms with Crippen molar-refractivity contribution in [3.63, 3.8) is 0 Å². The molecule has 220 valence electrons. The molecule has 1 aliphatic heterocycles. The van der Waals surface area contributed by atoms with E-state index in [1.807, 2.05) is 0 Å². The first-order valence-electron chi connectivity index (χ1n) is 14.3. The molecule has 1 aliphatic carbocycles. The summed E-state index contributed by atoms with van der Waals surface area (Å²) in [5.41, 5.74) is 7.28. The molecule has 1 saturated carbocycles. The summed E-state index contributed by atoms with van der Waals surface area (Å²) in [5, 5.41) is 0.227. The van der Waals surface area contributed by atoms with Crippen LogP contribution in [0.5, 0.6) is 0 Å². The number of carbonyl (C=O) groups excluding carboxylic acids is 1. The van der Waals surface area contributed by atoms with Gasteiger partial charge in [0.15, 0.2) is 0 Å². The number of sulfonamides is 1. The summed E-state index contributed by atoms with van der Waals surface area (Å²) in [6.07, 6.45) is 8.90. The molecule has 2 aromatic carbocycles. The first-order valence-corrected chi connectivity index (χ1v) is 16.9. The number of amides is 1. The van der Waals surface area contributed by atoms with Crippen LogP contribution in [0.15, 0.2) is 47.4 Å². The van der Waals surface area contributed by atoms with Gasteiger partial charge < -0.3 is 5.73 Å². The summed E-state index contributed by atoms with van der Waals surface area (Å²) in [7, 11) is -2.43. The molecule has 2 aliphatic rings. The highest BCUT2D eigenvalue weighted by molar-refractivity contribution is 7.89. The summed E-state index contributed by atoms with van der Waals surface area (Å²) >= 11 is 18.3. The van der Waals surface area contributed by atoms with E-state index in [0.717, 1.165) is 38.8 Å². The van der Waals surface area contributed by atoms with Crippen LogP contribution in [0.1, 0.15) is 69.4 Å². The van der Waals surface area contributed by atoms with Crippen LogP contribution in [0.3, 0.4) is 0 Å². The van der Waals surface area contributed by atoms with Gasteiger partial charge in [-0.3, -0.25) is 9.69 Å². The lowest BCUT2D eigenvalue weighted by atomic mass is 9.71. The number of carbonyl (C=O) groups is 1. The van der Waals surface area contributed by atoms with Crippen molar-refractivity contribution in [1.82, 2.24) is 9.21 Å². The normalized spacial score (nSPS) is 22.2. The van der Waals surface area contributed by atoms with Crippen LogP contribution in [-0.2, 0) is 14.8 Å². The van der Waals surface area contributed by atoms with Crippen molar-refractivity contribution in [3.8, 4) is 0 Å². The number of primary amides is 1. The van der Waals surface area contributed by atoms with Crippen molar-refractivity contribution >= 4 is 50.7 Å². The average molecular weight is 629 g/mol. The smallest absolute Gasteiger partial charge is 0.245 e. The topological polar surface area (TPSA) is 83.7 Å². The second-order valence-corrected chi connectivity index (χ2v) is 14.5. The highest BCUT2D eigenvalue weighted by atomic mass is 35.5. The predicted molar refractivity (Wildman–Crippen MR) is 163 cm³/mol. The zero-order chi connectivity index (χ0) is 28.9. The van der Waals surface area contributed by atoms with Gasteiger partial charge in [-0.2, -0.15) is 0 Å². The zero-order valence-electron chi connectivity index (χ0n) is 23.1. The summed E-state index contributed by atoms with van der Waals surface area (Å²) < 4.78 is 27.6. The van der Waals surface area contributed by atoms with E-state index in [9.17, 15) is 13.2 Å². The standard InChI is InChI=1S/C30H40Cl3N3O3S/c1-35(40(38,39)29-26(32)19-24(31)20-27(29)33)16-8-11-25(30(34)37)21-12-14-23(15-13-21)28(22-9-4-2-5-10-22)36-17-6-3-7-18-36/h2,4-5,9-10,19-21,23,25,28H,3,6-8,11-18H2,1H3,(H2,34,37).